The third-order valence-corrected chi connectivity index (χ3v) is 17.0. The standard InChI is InChI=1S/C66H72F2N14O14/c1-34(83)76-52-26-56(86)73-28-37-6-4-35(5-7-37)18-50(59(69)90)81-65(96)66(2)16-3-17-82(66)64(95)54(19-36-8-12-44(84)13-9-36)80-62(93)51(25-43-31-70-33-75-43)79-63(94)53(27-58(88)89)78-60(91)38(20-39-29-71-47-14-10-41(67)23-45(39)47)22-55(85)49(77-57(87)32-74-61(52)92)21-40-30-72-48-15-11-42(68)24-46(40)48/h4-15,23-24,29-31,33,38,49-54,71-72,84H,3,16-22,25-28,32H2,1-2H3,(H2,69,90)(H,70,75)(H,73,86)(H,74,92)(H,76,83)(H,77,87)(H,78,91)(H,79,94)(H,80,93)(H,81,96)(H,88,89)/t38-,49+,50+,51+,52-,53+,54+,66+/m1/s1. The molecule has 3 aromatic heterocycles. The summed E-state index contributed by atoms with van der Waals surface area (Å²) < 4.78 is 29.7. The van der Waals surface area contributed by atoms with E-state index in [0.717, 1.165) is 6.92 Å². The number of fused-ring (bicyclic) bond motifs is 30. The zero-order valence-corrected chi connectivity index (χ0v) is 52.1. The number of hydrogen-bond donors (Lipinski definition) is 14. The molecule has 3 aliphatic heterocycles. The minimum Gasteiger partial charge on any atom is -0.508 e. The Bertz CT molecular complexity index is 4100. The van der Waals surface area contributed by atoms with Crippen molar-refractivity contribution in [3.63, 3.8) is 0 Å². The van der Waals surface area contributed by atoms with Gasteiger partial charge in [0.1, 0.15) is 53.1 Å². The van der Waals surface area contributed by atoms with Crippen LogP contribution in [0.1, 0.15) is 79.5 Å². The first-order valence-electron chi connectivity index (χ1n) is 30.8. The highest BCUT2D eigenvalue weighted by molar-refractivity contribution is 6.01. The summed E-state index contributed by atoms with van der Waals surface area (Å²) in [4.78, 5) is 183. The molecule has 8 atom stereocenters. The number of primary amides is 1. The number of phenols is 1. The predicted molar refractivity (Wildman–Crippen MR) is 339 cm³/mol. The van der Waals surface area contributed by atoms with Crippen LogP contribution < -0.4 is 48.3 Å². The van der Waals surface area contributed by atoms with E-state index < -0.39 is 162 Å². The Hall–Kier alpha value is -11.3. The summed E-state index contributed by atoms with van der Waals surface area (Å²) in [6.07, 6.45) is 1.83. The van der Waals surface area contributed by atoms with Crippen LogP contribution in [-0.2, 0) is 96.2 Å². The lowest BCUT2D eigenvalue weighted by Crippen LogP contribution is -2.63. The van der Waals surface area contributed by atoms with Gasteiger partial charge in [0.25, 0.3) is 0 Å². The van der Waals surface area contributed by atoms with Crippen molar-refractivity contribution in [3.8, 4) is 5.75 Å². The highest BCUT2D eigenvalue weighted by Crippen LogP contribution is 2.32. The summed E-state index contributed by atoms with van der Waals surface area (Å²) in [7, 11) is 0. The molecule has 0 saturated carbocycles. The number of carbonyl (C=O) groups excluding carboxylic acids is 11. The number of aromatic hydroxyl groups is 1. The maximum Gasteiger partial charge on any atom is 0.305 e. The number of carboxylic acid groups (broad SMARTS) is 1. The Morgan fingerprint density at radius 1 is 0.656 bits per heavy atom. The molecule has 96 heavy (non-hydrogen) atoms. The number of ketones is 1. The van der Waals surface area contributed by atoms with Crippen molar-refractivity contribution >= 4 is 92.6 Å². The third-order valence-electron chi connectivity index (χ3n) is 17.0. The van der Waals surface area contributed by atoms with Gasteiger partial charge in [-0.25, -0.2) is 13.8 Å². The topological polar surface area (TPSA) is 431 Å². The van der Waals surface area contributed by atoms with Gasteiger partial charge in [-0.15, -0.1) is 0 Å². The van der Waals surface area contributed by atoms with E-state index in [0.29, 0.717) is 38.7 Å². The van der Waals surface area contributed by atoms with Gasteiger partial charge >= 0.3 is 5.97 Å². The molecule has 10 amide bonds. The molecule has 0 spiro atoms. The normalized spacial score (nSPS) is 22.8. The number of Topliss-reactive ketones (excluding diaryl/α,β-unsaturated/α-hetero) is 1. The van der Waals surface area contributed by atoms with Crippen molar-refractivity contribution in [1.82, 2.24) is 67.4 Å². The van der Waals surface area contributed by atoms with Crippen LogP contribution in [0.3, 0.4) is 0 Å². The summed E-state index contributed by atoms with van der Waals surface area (Å²) in [6, 6.07) is 10.1. The number of amides is 10. The molecule has 504 valence electrons. The Labute approximate surface area is 546 Å². The lowest BCUT2D eigenvalue weighted by Gasteiger charge is -2.37. The SMILES string of the molecule is CC(=O)N[C@@H]1CC(=O)NCc2ccc(cc2)C[C@@H](C(N)=O)NC(=O)[C@]2(C)CCCN2C(=O)[C@H](Cc2ccc(O)cc2)NC(=O)[C@H](Cc2cnc[nH]2)NC(=O)[C@H](CC(=O)O)NC(=O)[C@H](Cc2c[nH]c3ccc(F)cc23)CC(=O)[C@H](Cc2c[nH]c3ccc(F)cc23)NC(=O)CNC1=O. The summed E-state index contributed by atoms with van der Waals surface area (Å²) in [5.74, 6) is -14.7. The molecule has 2 bridgehead atoms. The van der Waals surface area contributed by atoms with Crippen molar-refractivity contribution in [2.24, 2.45) is 11.7 Å². The van der Waals surface area contributed by atoms with Gasteiger partial charge in [-0.3, -0.25) is 57.5 Å². The van der Waals surface area contributed by atoms with Crippen LogP contribution in [0, 0.1) is 17.6 Å². The number of halogens is 2. The Morgan fingerprint density at radius 2 is 1.28 bits per heavy atom. The molecule has 1 saturated heterocycles. The molecule has 6 heterocycles. The van der Waals surface area contributed by atoms with Gasteiger partial charge in [-0.05, 0) is 103 Å². The van der Waals surface area contributed by atoms with Crippen LogP contribution >= 0.6 is 0 Å². The molecule has 7 aromatic rings. The van der Waals surface area contributed by atoms with Crippen molar-refractivity contribution < 1.29 is 76.5 Å². The molecule has 0 radical (unpaired) electrons. The second kappa shape index (κ2) is 30.6. The second-order valence-electron chi connectivity index (χ2n) is 24.1. The van der Waals surface area contributed by atoms with E-state index in [4.69, 9.17) is 5.73 Å². The fourth-order valence-corrected chi connectivity index (χ4v) is 11.9. The van der Waals surface area contributed by atoms with E-state index in [-0.39, 0.29) is 74.0 Å². The molecule has 15 N–H and O–H groups in total. The van der Waals surface area contributed by atoms with Gasteiger partial charge in [0.05, 0.1) is 31.8 Å². The Balaban J connectivity index is 1.08. The quantitative estimate of drug-likeness (QED) is 0.0755. The van der Waals surface area contributed by atoms with Gasteiger partial charge in [-0.2, -0.15) is 0 Å². The monoisotopic (exact) mass is 1320 g/mol. The minimum absolute atomic E-state index is 0.0136. The second-order valence-corrected chi connectivity index (χ2v) is 24.1. The summed E-state index contributed by atoms with van der Waals surface area (Å²) in [5.41, 5.74) is 7.38. The number of nitrogens with one attached hydrogen (secondary N) is 11. The van der Waals surface area contributed by atoms with Gasteiger partial charge in [0.15, 0.2) is 5.78 Å². The predicted octanol–water partition coefficient (Wildman–Crippen LogP) is 0.851. The number of aromatic nitrogens is 4. The molecule has 0 aliphatic carbocycles. The van der Waals surface area contributed by atoms with Crippen LogP contribution in [0.2, 0.25) is 0 Å². The van der Waals surface area contributed by atoms with Gasteiger partial charge in [0, 0.05) is 104 Å². The molecule has 10 rings (SSSR count). The Kier molecular flexibility index (Phi) is 22.0. The molecule has 0 unspecified atom stereocenters. The number of nitrogens with two attached hydrogens (primary N) is 1. The van der Waals surface area contributed by atoms with E-state index >= 15 is 14.4 Å². The maximum absolute atomic E-state index is 15.2. The van der Waals surface area contributed by atoms with E-state index in [9.17, 15) is 62.1 Å². The number of carbonyl (C=O) groups is 12. The minimum atomic E-state index is -2.03. The number of aromatic amines is 3. The average Bonchev–Trinajstić information content (AvgIpc) is 1.57. The fourth-order valence-electron chi connectivity index (χ4n) is 11.9. The Morgan fingerprint density at radius 3 is 1.91 bits per heavy atom. The zero-order chi connectivity index (χ0) is 69.0. The number of carboxylic acids is 1. The van der Waals surface area contributed by atoms with Crippen LogP contribution in [0.5, 0.6) is 5.75 Å². The number of hydrogen-bond acceptors (Lipinski definition) is 14. The van der Waals surface area contributed by atoms with Crippen LogP contribution in [0.4, 0.5) is 8.78 Å². The van der Waals surface area contributed by atoms with E-state index in [2.05, 4.69) is 62.5 Å². The average molecular weight is 1320 g/mol. The lowest BCUT2D eigenvalue weighted by molar-refractivity contribution is -0.147. The lowest BCUT2D eigenvalue weighted by atomic mass is 9.89. The number of imidazole rings is 1. The number of aliphatic carboxylic acids is 1. The molecule has 4 aromatic carbocycles. The largest absolute Gasteiger partial charge is 0.508 e. The third kappa shape index (κ3) is 17.7. The van der Waals surface area contributed by atoms with Crippen LogP contribution in [0.25, 0.3) is 21.8 Å². The highest BCUT2D eigenvalue weighted by atomic mass is 19.1. The van der Waals surface area contributed by atoms with Gasteiger partial charge < -0.3 is 78.3 Å². The first-order valence-corrected chi connectivity index (χ1v) is 30.8. The first kappa shape index (κ1) is 69.0. The van der Waals surface area contributed by atoms with Crippen LogP contribution in [0.15, 0.2) is 110 Å². The summed E-state index contributed by atoms with van der Waals surface area (Å²) in [5, 5.41) is 41.5. The van der Waals surface area contributed by atoms with Gasteiger partial charge in [0.2, 0.25) is 59.1 Å². The number of nitrogens with zero attached hydrogens (tertiary/aromatic N) is 2. The molecular formula is C66H72F2N14O14. The molecule has 3 aliphatic rings. The van der Waals surface area contributed by atoms with E-state index in [1.54, 1.807) is 24.3 Å². The summed E-state index contributed by atoms with van der Waals surface area (Å²) >= 11 is 0. The highest BCUT2D eigenvalue weighted by Gasteiger charge is 2.49. The number of H-pyrrole nitrogens is 3. The molecule has 28 nitrogen and oxygen atoms in total. The number of rotatable bonds is 12. The van der Waals surface area contributed by atoms with Gasteiger partial charge in [-0.1, -0.05) is 36.4 Å². The molecule has 30 heteroatoms. The van der Waals surface area contributed by atoms with Crippen molar-refractivity contribution in [1.29, 1.82) is 0 Å². The fraction of sp³-hybridized carbons (Fsp3) is 0.348. The van der Waals surface area contributed by atoms with E-state index in [1.807, 2.05) is 0 Å². The maximum atomic E-state index is 15.2. The smallest absolute Gasteiger partial charge is 0.305 e. The zero-order valence-electron chi connectivity index (χ0n) is 52.1. The van der Waals surface area contributed by atoms with Crippen molar-refractivity contribution in [2.45, 2.75) is 126 Å². The molecule has 1 fully saturated rings. The van der Waals surface area contributed by atoms with Crippen LogP contribution in [-0.4, -0.2) is 161 Å². The van der Waals surface area contributed by atoms with E-state index in [1.165, 1.54) is 97.4 Å². The number of phenolic OH excluding ortho intramolecular Hbond substituents is 1. The first-order chi connectivity index (χ1) is 45.8. The summed E-state index contributed by atoms with van der Waals surface area (Å²) in [6.45, 7) is 1.63. The molecular weight excluding hydrogens is 1250 g/mol. The number of benzene rings is 4. The van der Waals surface area contributed by atoms with Crippen molar-refractivity contribution in [3.05, 3.63) is 155 Å². The van der Waals surface area contributed by atoms with Crippen molar-refractivity contribution in [2.75, 3.05) is 13.1 Å².